The van der Waals surface area contributed by atoms with Gasteiger partial charge in [0.1, 0.15) is 16.7 Å². The van der Waals surface area contributed by atoms with Crippen molar-refractivity contribution in [1.82, 2.24) is 30.2 Å². The van der Waals surface area contributed by atoms with Crippen LogP contribution in [0, 0.1) is 13.8 Å². The van der Waals surface area contributed by atoms with E-state index < -0.39 is 0 Å². The molecule has 2 heterocycles. The first-order chi connectivity index (χ1) is 8.11. The molecule has 0 saturated carbocycles. The molecule has 0 saturated heterocycles. The highest BCUT2D eigenvalue weighted by atomic mass is 32.2. The zero-order valence-corrected chi connectivity index (χ0v) is 10.5. The fraction of sp³-hybridized carbons (Fsp3) is 0.375. The van der Waals surface area contributed by atoms with Gasteiger partial charge in [-0.05, 0) is 36.0 Å². The van der Waals surface area contributed by atoms with Crippen molar-refractivity contribution in [3.63, 3.8) is 0 Å². The Labute approximate surface area is 102 Å². The number of nitrogens with two attached hydrogens (primary N) is 1. The molecule has 0 aliphatic heterocycles. The topological polar surface area (TPSA) is 107 Å². The van der Waals surface area contributed by atoms with Gasteiger partial charge in [0.15, 0.2) is 0 Å². The van der Waals surface area contributed by atoms with Crippen LogP contribution in [0.25, 0.3) is 0 Å². The monoisotopic (exact) mass is 252 g/mol. The summed E-state index contributed by atoms with van der Waals surface area (Å²) in [6, 6.07) is 0. The molecule has 0 aliphatic carbocycles. The molecular weight excluding hydrogens is 240 g/mol. The lowest BCUT2D eigenvalue weighted by Crippen LogP contribution is -2.12. The minimum absolute atomic E-state index is 0.607. The van der Waals surface area contributed by atoms with Gasteiger partial charge in [0.2, 0.25) is 5.16 Å². The second kappa shape index (κ2) is 4.63. The smallest absolute Gasteiger partial charge is 0.215 e. The predicted molar refractivity (Wildman–Crippen MR) is 62.2 cm³/mol. The van der Waals surface area contributed by atoms with Crippen LogP contribution >= 0.6 is 11.8 Å². The number of anilines is 1. The molecule has 0 amide bonds. The minimum Gasteiger partial charge on any atom is -0.308 e. The summed E-state index contributed by atoms with van der Waals surface area (Å²) in [4.78, 5) is 8.53. The van der Waals surface area contributed by atoms with Gasteiger partial charge in [-0.3, -0.25) is 0 Å². The number of hydrogen-bond donors (Lipinski definition) is 2. The second-order valence-corrected chi connectivity index (χ2v) is 4.34. The van der Waals surface area contributed by atoms with Crippen molar-refractivity contribution in [3.05, 3.63) is 11.4 Å². The molecular formula is C8H12N8S. The highest BCUT2D eigenvalue weighted by Crippen LogP contribution is 2.28. The summed E-state index contributed by atoms with van der Waals surface area (Å²) in [5, 5.41) is 12.7. The van der Waals surface area contributed by atoms with E-state index in [2.05, 4.69) is 30.9 Å². The van der Waals surface area contributed by atoms with Gasteiger partial charge < -0.3 is 5.43 Å². The number of tetrazole rings is 1. The largest absolute Gasteiger partial charge is 0.308 e. The number of hydrazine groups is 1. The van der Waals surface area contributed by atoms with E-state index in [4.69, 9.17) is 5.84 Å². The molecule has 2 aromatic rings. The Kier molecular flexibility index (Phi) is 3.20. The van der Waals surface area contributed by atoms with Crippen LogP contribution in [0.1, 0.15) is 11.4 Å². The SMILES string of the molecule is Cc1nc(NN)c(C)c(Sc2nnnn2C)n1. The van der Waals surface area contributed by atoms with Crippen molar-refractivity contribution >= 4 is 17.6 Å². The van der Waals surface area contributed by atoms with Gasteiger partial charge >= 0.3 is 0 Å². The Bertz CT molecular complexity index is 536. The van der Waals surface area contributed by atoms with Gasteiger partial charge in [-0.15, -0.1) is 5.10 Å². The summed E-state index contributed by atoms with van der Waals surface area (Å²) < 4.78 is 1.58. The van der Waals surface area contributed by atoms with Crippen molar-refractivity contribution < 1.29 is 0 Å². The standard InChI is InChI=1S/C8H12N8S/c1-4-6(12-9)10-5(2)11-7(4)17-8-13-14-15-16(8)3/h9H2,1-3H3,(H,10,11,12). The molecule has 2 rings (SSSR count). The first-order valence-electron chi connectivity index (χ1n) is 4.84. The van der Waals surface area contributed by atoms with Crippen molar-refractivity contribution in [2.75, 3.05) is 5.43 Å². The third-order valence-electron chi connectivity index (χ3n) is 2.12. The fourth-order valence-electron chi connectivity index (χ4n) is 1.24. The Balaban J connectivity index is 2.39. The number of rotatable bonds is 3. The summed E-state index contributed by atoms with van der Waals surface area (Å²) in [6.45, 7) is 3.69. The maximum atomic E-state index is 5.40. The summed E-state index contributed by atoms with van der Waals surface area (Å²) >= 11 is 1.37. The average Bonchev–Trinajstić information content (AvgIpc) is 2.69. The molecule has 2 aromatic heterocycles. The maximum absolute atomic E-state index is 5.40. The molecule has 0 aliphatic rings. The normalized spacial score (nSPS) is 10.6. The molecule has 90 valence electrons. The van der Waals surface area contributed by atoms with Crippen molar-refractivity contribution in [2.24, 2.45) is 12.9 Å². The Hall–Kier alpha value is -1.74. The lowest BCUT2D eigenvalue weighted by atomic mass is 10.3. The molecule has 0 radical (unpaired) electrons. The number of aromatic nitrogens is 6. The molecule has 0 atom stereocenters. The highest BCUT2D eigenvalue weighted by Gasteiger charge is 2.13. The van der Waals surface area contributed by atoms with Gasteiger partial charge in [0.05, 0.1) is 0 Å². The van der Waals surface area contributed by atoms with Gasteiger partial charge in [0, 0.05) is 12.6 Å². The quantitative estimate of drug-likeness (QED) is 0.448. The van der Waals surface area contributed by atoms with E-state index in [0.29, 0.717) is 16.8 Å². The van der Waals surface area contributed by atoms with Gasteiger partial charge in [0.25, 0.3) is 0 Å². The number of nitrogens with one attached hydrogen (secondary N) is 1. The van der Waals surface area contributed by atoms with E-state index in [1.54, 1.807) is 18.7 Å². The van der Waals surface area contributed by atoms with E-state index in [1.165, 1.54) is 11.8 Å². The van der Waals surface area contributed by atoms with Crippen LogP contribution in [-0.4, -0.2) is 30.2 Å². The molecule has 0 aromatic carbocycles. The van der Waals surface area contributed by atoms with Crippen LogP contribution in [-0.2, 0) is 7.05 Å². The highest BCUT2D eigenvalue weighted by molar-refractivity contribution is 7.99. The van der Waals surface area contributed by atoms with E-state index >= 15 is 0 Å². The van der Waals surface area contributed by atoms with Crippen LogP contribution in [0.15, 0.2) is 10.2 Å². The Morgan fingerprint density at radius 1 is 1.29 bits per heavy atom. The van der Waals surface area contributed by atoms with Crippen molar-refractivity contribution in [2.45, 2.75) is 24.0 Å². The molecule has 9 heteroatoms. The van der Waals surface area contributed by atoms with E-state index in [9.17, 15) is 0 Å². The van der Waals surface area contributed by atoms with E-state index in [0.717, 1.165) is 10.6 Å². The molecule has 0 fully saturated rings. The number of aryl methyl sites for hydroxylation is 2. The lowest BCUT2D eigenvalue weighted by Gasteiger charge is -2.08. The zero-order chi connectivity index (χ0) is 12.4. The van der Waals surface area contributed by atoms with E-state index in [-0.39, 0.29) is 0 Å². The van der Waals surface area contributed by atoms with Gasteiger partial charge in [-0.2, -0.15) is 0 Å². The Morgan fingerprint density at radius 3 is 2.65 bits per heavy atom. The van der Waals surface area contributed by atoms with Crippen LogP contribution in [0.3, 0.4) is 0 Å². The predicted octanol–water partition coefficient (Wildman–Crippen LogP) is 0.0537. The fourth-order valence-corrected chi connectivity index (χ4v) is 2.08. The molecule has 0 unspecified atom stereocenters. The third-order valence-corrected chi connectivity index (χ3v) is 3.24. The summed E-state index contributed by atoms with van der Waals surface area (Å²) in [6.07, 6.45) is 0. The van der Waals surface area contributed by atoms with Crippen LogP contribution in [0.4, 0.5) is 5.82 Å². The lowest BCUT2D eigenvalue weighted by molar-refractivity contribution is 0.664. The first-order valence-corrected chi connectivity index (χ1v) is 5.65. The molecule has 0 bridgehead atoms. The summed E-state index contributed by atoms with van der Waals surface area (Å²) in [5.74, 6) is 6.64. The van der Waals surface area contributed by atoms with Crippen LogP contribution in [0.2, 0.25) is 0 Å². The van der Waals surface area contributed by atoms with Crippen molar-refractivity contribution in [3.8, 4) is 0 Å². The number of nitrogens with zero attached hydrogens (tertiary/aromatic N) is 6. The van der Waals surface area contributed by atoms with Gasteiger partial charge in [-0.1, -0.05) is 0 Å². The van der Waals surface area contributed by atoms with Gasteiger partial charge in [-0.25, -0.2) is 20.5 Å². The van der Waals surface area contributed by atoms with Crippen molar-refractivity contribution in [1.29, 1.82) is 0 Å². The number of hydrogen-bond acceptors (Lipinski definition) is 8. The Morgan fingerprint density at radius 2 is 2.06 bits per heavy atom. The van der Waals surface area contributed by atoms with Crippen LogP contribution < -0.4 is 11.3 Å². The average molecular weight is 252 g/mol. The van der Waals surface area contributed by atoms with Crippen LogP contribution in [0.5, 0.6) is 0 Å². The third kappa shape index (κ3) is 2.34. The minimum atomic E-state index is 0.607. The second-order valence-electron chi connectivity index (χ2n) is 3.38. The molecule has 8 nitrogen and oxygen atoms in total. The molecule has 3 N–H and O–H groups in total. The molecule has 17 heavy (non-hydrogen) atoms. The first kappa shape index (κ1) is 11.7. The summed E-state index contributed by atoms with van der Waals surface area (Å²) in [7, 11) is 1.77. The molecule has 0 spiro atoms. The summed E-state index contributed by atoms with van der Waals surface area (Å²) in [5.41, 5.74) is 3.41. The van der Waals surface area contributed by atoms with E-state index in [1.807, 2.05) is 6.92 Å². The zero-order valence-electron chi connectivity index (χ0n) is 9.67. The maximum Gasteiger partial charge on any atom is 0.215 e. The number of nitrogen functional groups attached to an aromatic ring is 1.